The van der Waals surface area contributed by atoms with Crippen LogP contribution in [0.1, 0.15) is 55.1 Å². The second-order valence-corrected chi connectivity index (χ2v) is 10.9. The third kappa shape index (κ3) is 6.17. The number of carboxylic acid groups (broad SMARTS) is 1. The van der Waals surface area contributed by atoms with Crippen LogP contribution in [0.25, 0.3) is 10.4 Å². The summed E-state index contributed by atoms with van der Waals surface area (Å²) in [6, 6.07) is 11.8. The number of carboxylic acids is 1. The number of benzene rings is 1. The van der Waals surface area contributed by atoms with Crippen molar-refractivity contribution in [1.82, 2.24) is 0 Å². The van der Waals surface area contributed by atoms with Crippen LogP contribution in [0.4, 0.5) is 5.69 Å². The maximum Gasteiger partial charge on any atom is 0.348 e. The van der Waals surface area contributed by atoms with Gasteiger partial charge in [0.1, 0.15) is 4.88 Å². The highest BCUT2D eigenvalue weighted by atomic mass is 35.5. The average Bonchev–Trinajstić information content (AvgIpc) is 3.24. The number of anilines is 1. The molecule has 2 aliphatic rings. The number of thiophene rings is 1. The fraction of sp³-hybridized carbons (Fsp3) is 0.538. The highest BCUT2D eigenvalue weighted by molar-refractivity contribution is 7.18. The highest BCUT2D eigenvalue weighted by Crippen LogP contribution is 2.39. The van der Waals surface area contributed by atoms with E-state index in [0.29, 0.717) is 24.1 Å². The maximum absolute atomic E-state index is 13.8. The minimum Gasteiger partial charge on any atom is -1.00 e. The Morgan fingerprint density at radius 2 is 1.82 bits per heavy atom. The predicted molar refractivity (Wildman–Crippen MR) is 130 cm³/mol. The summed E-state index contributed by atoms with van der Waals surface area (Å²) >= 11 is 1.28. The number of halogens is 1. The van der Waals surface area contributed by atoms with Crippen molar-refractivity contribution in [3.63, 3.8) is 0 Å². The van der Waals surface area contributed by atoms with E-state index in [1.807, 2.05) is 41.3 Å². The van der Waals surface area contributed by atoms with Gasteiger partial charge in [-0.25, -0.2) is 4.79 Å². The molecule has 2 heterocycles. The Labute approximate surface area is 207 Å². The number of hydrogen-bond acceptors (Lipinski definition) is 3. The molecule has 33 heavy (non-hydrogen) atoms. The Balaban J connectivity index is 0.00000306. The molecule has 0 bridgehead atoms. The number of quaternary nitrogens is 1. The summed E-state index contributed by atoms with van der Waals surface area (Å²) in [6.07, 6.45) is 6.22. The molecule has 1 saturated carbocycles. The molecule has 2 unspecified atom stereocenters. The van der Waals surface area contributed by atoms with Crippen LogP contribution >= 0.6 is 11.3 Å². The summed E-state index contributed by atoms with van der Waals surface area (Å²) < 4.78 is 0. The SMILES string of the molecule is CC1CCC(C(=O)N(CC2CCC[NH+](C)C2)c2cc(-c3ccccc3)sc2C(=O)O)CC1.[Cl-]. The summed E-state index contributed by atoms with van der Waals surface area (Å²) in [5, 5.41) is 10.0. The molecule has 5 nitrogen and oxygen atoms in total. The lowest BCUT2D eigenvalue weighted by molar-refractivity contribution is -0.888. The average molecular weight is 491 g/mol. The van der Waals surface area contributed by atoms with Crippen LogP contribution in [0.3, 0.4) is 0 Å². The van der Waals surface area contributed by atoms with Gasteiger partial charge in [-0.1, -0.05) is 37.3 Å². The summed E-state index contributed by atoms with van der Waals surface area (Å²) in [4.78, 5) is 30.6. The number of aromatic carboxylic acids is 1. The van der Waals surface area contributed by atoms with Gasteiger partial charge in [0.2, 0.25) is 5.91 Å². The zero-order valence-corrected chi connectivity index (χ0v) is 21.1. The molecule has 180 valence electrons. The monoisotopic (exact) mass is 490 g/mol. The first-order valence-corrected chi connectivity index (χ1v) is 12.8. The van der Waals surface area contributed by atoms with Gasteiger partial charge in [-0.3, -0.25) is 4.79 Å². The minimum absolute atomic E-state index is 0. The number of nitrogens with one attached hydrogen (secondary N) is 1. The molecule has 1 saturated heterocycles. The molecule has 2 fully saturated rings. The van der Waals surface area contributed by atoms with Gasteiger partial charge >= 0.3 is 5.97 Å². The number of amides is 1. The fourth-order valence-electron chi connectivity index (χ4n) is 5.32. The van der Waals surface area contributed by atoms with Crippen molar-refractivity contribution >= 4 is 28.9 Å². The van der Waals surface area contributed by atoms with Crippen molar-refractivity contribution in [1.29, 1.82) is 0 Å². The van der Waals surface area contributed by atoms with E-state index in [-0.39, 0.29) is 29.1 Å². The normalized spacial score (nSPS) is 25.2. The lowest BCUT2D eigenvalue weighted by atomic mass is 9.82. The lowest BCUT2D eigenvalue weighted by Crippen LogP contribution is -3.10. The molecular weight excluding hydrogens is 456 g/mol. The van der Waals surface area contributed by atoms with Gasteiger partial charge in [0, 0.05) is 23.3 Å². The van der Waals surface area contributed by atoms with E-state index >= 15 is 0 Å². The number of hydrogen-bond donors (Lipinski definition) is 2. The Hall–Kier alpha value is -1.89. The quantitative estimate of drug-likeness (QED) is 0.639. The number of piperidine rings is 1. The fourth-order valence-corrected chi connectivity index (χ4v) is 6.32. The molecular formula is C26H35ClN2O3S. The van der Waals surface area contributed by atoms with E-state index in [1.165, 1.54) is 22.8 Å². The molecule has 7 heteroatoms. The third-order valence-electron chi connectivity index (χ3n) is 7.18. The first-order valence-electron chi connectivity index (χ1n) is 12.0. The zero-order chi connectivity index (χ0) is 22.7. The predicted octanol–water partition coefficient (Wildman–Crippen LogP) is 1.20. The Bertz CT molecular complexity index is 940. The van der Waals surface area contributed by atoms with Gasteiger partial charge in [0.25, 0.3) is 0 Å². The maximum atomic E-state index is 13.8. The molecule has 1 aliphatic heterocycles. The highest BCUT2D eigenvalue weighted by Gasteiger charge is 2.34. The number of carbonyl (C=O) groups excluding carboxylic acids is 1. The Kier molecular flexibility index (Phi) is 8.96. The van der Waals surface area contributed by atoms with E-state index in [2.05, 4.69) is 14.0 Å². The van der Waals surface area contributed by atoms with Gasteiger partial charge in [-0.15, -0.1) is 11.3 Å². The summed E-state index contributed by atoms with van der Waals surface area (Å²) in [7, 11) is 2.21. The Morgan fingerprint density at radius 3 is 2.45 bits per heavy atom. The number of rotatable bonds is 6. The minimum atomic E-state index is -0.950. The molecule has 2 N–H and O–H groups in total. The van der Waals surface area contributed by atoms with Gasteiger partial charge in [0.15, 0.2) is 0 Å². The van der Waals surface area contributed by atoms with Gasteiger partial charge in [-0.05, 0) is 56.1 Å². The molecule has 2 atom stereocenters. The van der Waals surface area contributed by atoms with Crippen molar-refractivity contribution in [2.75, 3.05) is 31.6 Å². The van der Waals surface area contributed by atoms with E-state index in [9.17, 15) is 14.7 Å². The third-order valence-corrected chi connectivity index (χ3v) is 8.34. The second-order valence-electron chi connectivity index (χ2n) is 9.82. The van der Waals surface area contributed by atoms with Crippen LogP contribution in [-0.4, -0.2) is 43.7 Å². The van der Waals surface area contributed by atoms with Crippen molar-refractivity contribution < 1.29 is 32.0 Å². The molecule has 1 aromatic heterocycles. The van der Waals surface area contributed by atoms with E-state index < -0.39 is 5.97 Å². The summed E-state index contributed by atoms with van der Waals surface area (Å²) in [5.74, 6) is 0.246. The molecule has 4 rings (SSSR count). The van der Waals surface area contributed by atoms with Crippen LogP contribution in [0, 0.1) is 17.8 Å². The summed E-state index contributed by atoms with van der Waals surface area (Å²) in [6.45, 7) is 5.08. The van der Waals surface area contributed by atoms with Crippen LogP contribution in [-0.2, 0) is 4.79 Å². The Morgan fingerprint density at radius 1 is 1.12 bits per heavy atom. The lowest BCUT2D eigenvalue weighted by Gasteiger charge is -2.35. The number of nitrogens with zero attached hydrogens (tertiary/aromatic N) is 1. The molecule has 1 aromatic carbocycles. The van der Waals surface area contributed by atoms with Gasteiger partial charge in [0.05, 0.1) is 25.8 Å². The van der Waals surface area contributed by atoms with Crippen molar-refractivity contribution in [2.24, 2.45) is 17.8 Å². The van der Waals surface area contributed by atoms with Crippen LogP contribution in [0.15, 0.2) is 36.4 Å². The van der Waals surface area contributed by atoms with Crippen molar-refractivity contribution in [2.45, 2.75) is 45.4 Å². The smallest absolute Gasteiger partial charge is 0.348 e. The van der Waals surface area contributed by atoms with Crippen LogP contribution in [0.5, 0.6) is 0 Å². The van der Waals surface area contributed by atoms with Gasteiger partial charge in [-0.2, -0.15) is 0 Å². The standard InChI is InChI=1S/C26H34N2O3S.ClH/c1-18-10-12-21(13-11-18)25(29)28(17-19-7-6-14-27(2)16-19)22-15-23(32-24(22)26(30)31)20-8-4-3-5-9-20;/h3-5,8-9,15,18-19,21H,6-7,10-14,16-17H2,1-2H3,(H,30,31);1H. The van der Waals surface area contributed by atoms with E-state index in [4.69, 9.17) is 0 Å². The number of likely N-dealkylation sites (tertiary alicyclic amines) is 1. The summed E-state index contributed by atoms with van der Waals surface area (Å²) in [5.41, 5.74) is 1.58. The van der Waals surface area contributed by atoms with Gasteiger partial charge < -0.3 is 27.3 Å². The molecule has 0 radical (unpaired) electrons. The number of carbonyl (C=O) groups is 2. The van der Waals surface area contributed by atoms with Crippen LogP contribution < -0.4 is 22.2 Å². The van der Waals surface area contributed by atoms with Crippen molar-refractivity contribution in [3.05, 3.63) is 41.3 Å². The zero-order valence-electron chi connectivity index (χ0n) is 19.6. The van der Waals surface area contributed by atoms with Crippen molar-refractivity contribution in [3.8, 4) is 10.4 Å². The second kappa shape index (κ2) is 11.5. The molecule has 1 amide bonds. The molecule has 0 spiro atoms. The molecule has 2 aromatic rings. The molecule has 1 aliphatic carbocycles. The van der Waals surface area contributed by atoms with E-state index in [0.717, 1.165) is 55.5 Å². The van der Waals surface area contributed by atoms with Crippen LogP contribution in [0.2, 0.25) is 0 Å². The van der Waals surface area contributed by atoms with E-state index in [1.54, 1.807) is 0 Å². The first kappa shape index (κ1) is 25.7. The first-order chi connectivity index (χ1) is 15.4. The largest absolute Gasteiger partial charge is 1.00 e. The topological polar surface area (TPSA) is 62.1 Å².